The summed E-state index contributed by atoms with van der Waals surface area (Å²) in [5.74, 6) is 5.58. The van der Waals surface area contributed by atoms with E-state index in [1.165, 1.54) is 19.2 Å². The zero-order valence-electron chi connectivity index (χ0n) is 17.7. The van der Waals surface area contributed by atoms with E-state index in [0.29, 0.717) is 29.8 Å². The molecule has 3 aromatic rings. The van der Waals surface area contributed by atoms with Crippen molar-refractivity contribution >= 4 is 22.4 Å². The number of hydrogen-bond acceptors (Lipinski definition) is 4. The monoisotopic (exact) mass is 440 g/mol. The molecule has 0 aromatic heterocycles. The van der Waals surface area contributed by atoms with Crippen molar-refractivity contribution in [1.29, 1.82) is 0 Å². The van der Waals surface area contributed by atoms with E-state index in [0.717, 1.165) is 28.5 Å². The maximum absolute atomic E-state index is 12.9. The Morgan fingerprint density at radius 1 is 1.06 bits per heavy atom. The number of carbonyl (C=O) groups is 1. The highest BCUT2D eigenvalue weighted by Crippen LogP contribution is 2.33. The molecule has 32 heavy (non-hydrogen) atoms. The summed E-state index contributed by atoms with van der Waals surface area (Å²) in [5, 5.41) is 12.8. The van der Waals surface area contributed by atoms with E-state index in [2.05, 4.69) is 15.3 Å². The Morgan fingerprint density at radius 2 is 1.78 bits per heavy atom. The number of ketones is 1. The summed E-state index contributed by atoms with van der Waals surface area (Å²) in [7, 11) is 1.52. The molecule has 3 aromatic carbocycles. The number of carbonyl (C=O) groups excluding carboxylic acids is 1. The van der Waals surface area contributed by atoms with Crippen LogP contribution in [0, 0.1) is 5.92 Å². The van der Waals surface area contributed by atoms with Crippen LogP contribution in [0.1, 0.15) is 35.7 Å². The standard InChI is InChI=1S/C24H23F3N4O/c1-15(23(30-28)31-29-2)6-13-22(32)18-9-12-21-17(14-18)4-3-5-20(21)16-7-10-19(11-8-16)24(25,26)27/h3-5,7-12,14-15H,6,13,28H2,1-2H3/b30-23-,31-29?/t15-/m1/s1. The molecule has 0 aliphatic carbocycles. The van der Waals surface area contributed by atoms with Crippen LogP contribution >= 0.6 is 0 Å². The third-order valence-corrected chi connectivity index (χ3v) is 5.31. The number of hydrogen-bond donors (Lipinski definition) is 1. The lowest BCUT2D eigenvalue weighted by molar-refractivity contribution is -0.137. The van der Waals surface area contributed by atoms with Gasteiger partial charge in [-0.25, -0.2) is 0 Å². The largest absolute Gasteiger partial charge is 0.416 e. The summed E-state index contributed by atoms with van der Waals surface area (Å²) in [6, 6.07) is 16.0. The topological polar surface area (TPSA) is 80.2 Å². The van der Waals surface area contributed by atoms with E-state index in [-0.39, 0.29) is 11.7 Å². The number of alkyl halides is 3. The van der Waals surface area contributed by atoms with Gasteiger partial charge in [0.15, 0.2) is 11.6 Å². The number of azo groups is 1. The molecule has 0 spiro atoms. The lowest BCUT2D eigenvalue weighted by atomic mass is 9.94. The summed E-state index contributed by atoms with van der Waals surface area (Å²) in [6.45, 7) is 1.88. The van der Waals surface area contributed by atoms with E-state index in [1.807, 2.05) is 31.2 Å². The molecule has 0 unspecified atom stereocenters. The van der Waals surface area contributed by atoms with Crippen molar-refractivity contribution in [1.82, 2.24) is 0 Å². The molecule has 5 nitrogen and oxygen atoms in total. The maximum atomic E-state index is 12.9. The van der Waals surface area contributed by atoms with Gasteiger partial charge in [-0.2, -0.15) is 23.4 Å². The second-order valence-corrected chi connectivity index (χ2v) is 7.47. The number of Topliss-reactive ketones (excluding diaryl/α,β-unsaturated/α-hetero) is 1. The molecule has 0 bridgehead atoms. The zero-order chi connectivity index (χ0) is 23.3. The SMILES string of the molecule is CN=N/C(=N\N)[C@H](C)CCC(=O)c1ccc2c(-c3ccc(C(F)(F)F)cc3)cccc2c1. The van der Waals surface area contributed by atoms with Gasteiger partial charge in [-0.05, 0) is 46.5 Å². The van der Waals surface area contributed by atoms with E-state index < -0.39 is 11.7 Å². The average molecular weight is 440 g/mol. The fourth-order valence-electron chi connectivity index (χ4n) is 3.52. The molecule has 8 heteroatoms. The smallest absolute Gasteiger partial charge is 0.321 e. The Morgan fingerprint density at radius 3 is 2.41 bits per heavy atom. The number of benzene rings is 3. The Kier molecular flexibility index (Phi) is 7.02. The highest BCUT2D eigenvalue weighted by Gasteiger charge is 2.30. The number of amidine groups is 1. The molecule has 3 rings (SSSR count). The average Bonchev–Trinajstić information content (AvgIpc) is 2.79. The summed E-state index contributed by atoms with van der Waals surface area (Å²) >= 11 is 0. The molecule has 0 saturated heterocycles. The Balaban J connectivity index is 1.82. The van der Waals surface area contributed by atoms with Gasteiger partial charge in [-0.3, -0.25) is 4.79 Å². The molecule has 2 N–H and O–H groups in total. The Labute approximate surface area is 183 Å². The summed E-state index contributed by atoms with van der Waals surface area (Å²) in [5.41, 5.74) is 1.36. The highest BCUT2D eigenvalue weighted by molar-refractivity contribution is 6.03. The lowest BCUT2D eigenvalue weighted by Gasteiger charge is -2.11. The maximum Gasteiger partial charge on any atom is 0.416 e. The summed E-state index contributed by atoms with van der Waals surface area (Å²) < 4.78 is 38.6. The van der Waals surface area contributed by atoms with Crippen molar-refractivity contribution in [2.24, 2.45) is 27.1 Å². The van der Waals surface area contributed by atoms with Crippen LogP contribution in [0.2, 0.25) is 0 Å². The fourth-order valence-corrected chi connectivity index (χ4v) is 3.52. The quantitative estimate of drug-likeness (QED) is 0.119. The van der Waals surface area contributed by atoms with Crippen molar-refractivity contribution in [2.45, 2.75) is 25.9 Å². The molecule has 0 radical (unpaired) electrons. The van der Waals surface area contributed by atoms with Gasteiger partial charge < -0.3 is 5.84 Å². The van der Waals surface area contributed by atoms with Crippen LogP contribution < -0.4 is 5.84 Å². The number of hydrazone groups is 1. The van der Waals surface area contributed by atoms with Crippen LogP contribution in [0.3, 0.4) is 0 Å². The van der Waals surface area contributed by atoms with Gasteiger partial charge in [0.2, 0.25) is 0 Å². The molecule has 0 fully saturated rings. The van der Waals surface area contributed by atoms with Gasteiger partial charge in [0.25, 0.3) is 0 Å². The first kappa shape index (κ1) is 23.1. The number of fused-ring (bicyclic) bond motifs is 1. The third-order valence-electron chi connectivity index (χ3n) is 5.31. The number of halogens is 3. The van der Waals surface area contributed by atoms with Crippen LogP contribution in [0.4, 0.5) is 13.2 Å². The number of rotatable bonds is 6. The summed E-state index contributed by atoms with van der Waals surface area (Å²) in [4.78, 5) is 12.7. The fraction of sp³-hybridized carbons (Fsp3) is 0.250. The molecular weight excluding hydrogens is 417 g/mol. The number of nitrogens with two attached hydrogens (primary N) is 1. The van der Waals surface area contributed by atoms with Gasteiger partial charge in [0, 0.05) is 24.9 Å². The molecule has 1 atom stereocenters. The van der Waals surface area contributed by atoms with Crippen LogP contribution in [0.15, 0.2) is 76.0 Å². The first-order chi connectivity index (χ1) is 15.2. The highest BCUT2D eigenvalue weighted by atomic mass is 19.4. The zero-order valence-corrected chi connectivity index (χ0v) is 17.7. The van der Waals surface area contributed by atoms with Gasteiger partial charge >= 0.3 is 6.18 Å². The first-order valence-corrected chi connectivity index (χ1v) is 10.1. The van der Waals surface area contributed by atoms with Crippen LogP contribution in [-0.2, 0) is 6.18 Å². The van der Waals surface area contributed by atoms with Crippen molar-refractivity contribution in [3.8, 4) is 11.1 Å². The van der Waals surface area contributed by atoms with E-state index in [1.54, 1.807) is 12.1 Å². The minimum Gasteiger partial charge on any atom is -0.321 e. The van der Waals surface area contributed by atoms with Crippen molar-refractivity contribution < 1.29 is 18.0 Å². The minimum absolute atomic E-state index is 0.0245. The third kappa shape index (κ3) is 5.19. The first-order valence-electron chi connectivity index (χ1n) is 10.1. The second kappa shape index (κ2) is 9.72. The predicted octanol–water partition coefficient (Wildman–Crippen LogP) is 6.48. The molecule has 0 heterocycles. The lowest BCUT2D eigenvalue weighted by Crippen LogP contribution is -2.12. The van der Waals surface area contributed by atoms with Crippen molar-refractivity contribution in [3.63, 3.8) is 0 Å². The van der Waals surface area contributed by atoms with Gasteiger partial charge in [-0.1, -0.05) is 49.4 Å². The van der Waals surface area contributed by atoms with Crippen molar-refractivity contribution in [2.75, 3.05) is 7.05 Å². The molecule has 0 saturated carbocycles. The van der Waals surface area contributed by atoms with Crippen LogP contribution in [-0.4, -0.2) is 18.7 Å². The van der Waals surface area contributed by atoms with Crippen LogP contribution in [0.25, 0.3) is 21.9 Å². The molecular formula is C24H23F3N4O. The molecule has 0 amide bonds. The van der Waals surface area contributed by atoms with Crippen LogP contribution in [0.5, 0.6) is 0 Å². The van der Waals surface area contributed by atoms with E-state index in [9.17, 15) is 18.0 Å². The normalized spacial score (nSPS) is 13.6. The predicted molar refractivity (Wildman–Crippen MR) is 120 cm³/mol. The molecule has 0 aliphatic rings. The Bertz CT molecular complexity index is 1170. The summed E-state index contributed by atoms with van der Waals surface area (Å²) in [6.07, 6.45) is -3.55. The Hall–Kier alpha value is -3.55. The molecule has 166 valence electrons. The minimum atomic E-state index is -4.37. The molecule has 0 aliphatic heterocycles. The van der Waals surface area contributed by atoms with Crippen molar-refractivity contribution in [3.05, 3.63) is 71.8 Å². The van der Waals surface area contributed by atoms with Gasteiger partial charge in [0.05, 0.1) is 5.56 Å². The second-order valence-electron chi connectivity index (χ2n) is 7.47. The van der Waals surface area contributed by atoms with Gasteiger partial charge in [-0.15, -0.1) is 5.11 Å². The van der Waals surface area contributed by atoms with Gasteiger partial charge in [0.1, 0.15) is 0 Å². The van der Waals surface area contributed by atoms with E-state index >= 15 is 0 Å². The van der Waals surface area contributed by atoms with E-state index in [4.69, 9.17) is 5.84 Å². The number of nitrogens with zero attached hydrogens (tertiary/aromatic N) is 3.